The molecule has 0 radical (unpaired) electrons. The molecule has 9 atom stereocenters. The molecule has 224 valence electrons. The largest absolute Gasteiger partial charge is 0.504 e. The Labute approximate surface area is 231 Å². The van der Waals surface area contributed by atoms with Gasteiger partial charge in [0.25, 0.3) is 0 Å². The number of hydrogen-bond acceptors (Lipinski definition) is 15. The lowest BCUT2D eigenvalue weighted by Crippen LogP contribution is -2.61. The normalized spacial score (nSPS) is 32.2. The number of phenols is 1. The second-order valence-corrected chi connectivity index (χ2v) is 9.64. The summed E-state index contributed by atoms with van der Waals surface area (Å²) in [6.45, 7) is -0.833. The fourth-order valence-electron chi connectivity index (χ4n) is 4.74. The average molecular weight is 583 g/mol. The van der Waals surface area contributed by atoms with Crippen LogP contribution in [0.15, 0.2) is 33.5 Å². The maximum Gasteiger partial charge on any atom is 0.229 e. The molecule has 2 fully saturated rings. The van der Waals surface area contributed by atoms with E-state index in [-0.39, 0.29) is 45.8 Å². The average Bonchev–Trinajstić information content (AvgIpc) is 2.96. The van der Waals surface area contributed by atoms with Gasteiger partial charge in [0.2, 0.25) is 11.7 Å². The Morgan fingerprint density at radius 1 is 0.829 bits per heavy atom. The molecular formula is C26H30O15. The molecule has 2 aliphatic heterocycles. The number of aromatic hydroxyl groups is 1. The van der Waals surface area contributed by atoms with Gasteiger partial charge in [0.15, 0.2) is 17.8 Å². The number of aliphatic hydroxyl groups excluding tert-OH is 6. The summed E-state index contributed by atoms with van der Waals surface area (Å²) in [7, 11) is 2.68. The zero-order chi connectivity index (χ0) is 29.6. The van der Waals surface area contributed by atoms with E-state index in [9.17, 15) is 40.5 Å². The Balaban J connectivity index is 1.46. The summed E-state index contributed by atoms with van der Waals surface area (Å²) in [5, 5.41) is 71.5. The topological polar surface area (TPSA) is 227 Å². The number of fused-ring (bicyclic) bond motifs is 2. The quantitative estimate of drug-likeness (QED) is 0.154. The summed E-state index contributed by atoms with van der Waals surface area (Å²) in [6.07, 6.45) is -14.2. The fourth-order valence-corrected chi connectivity index (χ4v) is 4.74. The van der Waals surface area contributed by atoms with Crippen LogP contribution < -0.4 is 19.6 Å². The summed E-state index contributed by atoms with van der Waals surface area (Å²) in [5.74, 6) is -0.438. The minimum atomic E-state index is -1.81. The number of benzene rings is 2. The molecule has 2 aliphatic rings. The van der Waals surface area contributed by atoms with Gasteiger partial charge in [-0.05, 0) is 12.1 Å². The molecule has 15 heteroatoms. The van der Waals surface area contributed by atoms with Crippen molar-refractivity contribution in [2.45, 2.75) is 55.3 Å². The number of ether oxygens (including phenoxy) is 6. The number of rotatable bonds is 7. The Hall–Kier alpha value is -3.25. The predicted molar refractivity (Wildman–Crippen MR) is 136 cm³/mol. The molecule has 15 nitrogen and oxygen atoms in total. The lowest BCUT2D eigenvalue weighted by molar-refractivity contribution is -0.307. The van der Waals surface area contributed by atoms with Crippen LogP contribution in [-0.4, -0.2) is 118 Å². The molecule has 0 unspecified atom stereocenters. The molecule has 41 heavy (non-hydrogen) atoms. The first-order chi connectivity index (χ1) is 19.5. The molecule has 2 aromatic carbocycles. The molecule has 3 heterocycles. The number of methoxy groups -OCH3 is 2. The number of hydrogen-bond donors (Lipinski definition) is 7. The highest BCUT2D eigenvalue weighted by atomic mass is 16.7. The first-order valence-electron chi connectivity index (χ1n) is 12.5. The molecule has 7 N–H and O–H groups in total. The van der Waals surface area contributed by atoms with Crippen molar-refractivity contribution in [2.75, 3.05) is 27.4 Å². The second kappa shape index (κ2) is 11.6. The monoisotopic (exact) mass is 582 g/mol. The molecule has 0 saturated carbocycles. The highest BCUT2D eigenvalue weighted by molar-refractivity contribution is 5.97. The van der Waals surface area contributed by atoms with Gasteiger partial charge in [-0.1, -0.05) is 0 Å². The van der Waals surface area contributed by atoms with E-state index in [1.807, 2.05) is 0 Å². The van der Waals surface area contributed by atoms with Gasteiger partial charge in [0.05, 0.1) is 27.4 Å². The van der Waals surface area contributed by atoms with Crippen molar-refractivity contribution in [3.05, 3.63) is 34.5 Å². The van der Waals surface area contributed by atoms with Crippen LogP contribution in [0, 0.1) is 0 Å². The molecule has 0 amide bonds. The minimum Gasteiger partial charge on any atom is -0.504 e. The first kappa shape index (κ1) is 29.2. The lowest BCUT2D eigenvalue weighted by Gasteiger charge is -2.41. The van der Waals surface area contributed by atoms with Crippen molar-refractivity contribution in [3.8, 4) is 23.0 Å². The molecule has 0 aliphatic carbocycles. The van der Waals surface area contributed by atoms with Crippen molar-refractivity contribution in [1.29, 1.82) is 0 Å². The molecular weight excluding hydrogens is 552 g/mol. The SMILES string of the molecule is COc1cc(O[C@H]2O[C@@H](CO[C@@H]3OC[C@H](O)[C@H](O)[C@H]3O)[C@H](O)[C@H](O)[C@@H]2O)c2c(=O)c3c(O)c(OC)ccc3oc2c1. The zero-order valence-corrected chi connectivity index (χ0v) is 21.8. The molecule has 5 rings (SSSR count). The van der Waals surface area contributed by atoms with E-state index in [0.717, 1.165) is 0 Å². The van der Waals surface area contributed by atoms with Crippen LogP contribution in [0.5, 0.6) is 23.0 Å². The third-order valence-corrected chi connectivity index (χ3v) is 7.06. The van der Waals surface area contributed by atoms with E-state index in [1.165, 1.54) is 38.5 Å². The van der Waals surface area contributed by atoms with Gasteiger partial charge in [-0.2, -0.15) is 0 Å². The van der Waals surface area contributed by atoms with Gasteiger partial charge in [-0.25, -0.2) is 0 Å². The van der Waals surface area contributed by atoms with E-state index < -0.39 is 73.1 Å². The van der Waals surface area contributed by atoms with Crippen LogP contribution in [0.2, 0.25) is 0 Å². The van der Waals surface area contributed by atoms with Gasteiger partial charge in [0, 0.05) is 12.1 Å². The molecule has 3 aromatic rings. The van der Waals surface area contributed by atoms with Crippen LogP contribution in [-0.2, 0) is 14.2 Å². The van der Waals surface area contributed by atoms with E-state index in [4.69, 9.17) is 32.8 Å². The summed E-state index contributed by atoms with van der Waals surface area (Å²) in [6, 6.07) is 5.59. The van der Waals surface area contributed by atoms with Crippen molar-refractivity contribution in [1.82, 2.24) is 0 Å². The van der Waals surface area contributed by atoms with Crippen LogP contribution in [0.25, 0.3) is 21.9 Å². The molecule has 0 spiro atoms. The van der Waals surface area contributed by atoms with Crippen molar-refractivity contribution in [3.63, 3.8) is 0 Å². The van der Waals surface area contributed by atoms with Crippen LogP contribution in [0.3, 0.4) is 0 Å². The third kappa shape index (κ3) is 5.27. The Morgan fingerprint density at radius 2 is 1.56 bits per heavy atom. The van der Waals surface area contributed by atoms with Crippen LogP contribution in [0.4, 0.5) is 0 Å². The highest BCUT2D eigenvalue weighted by Gasteiger charge is 2.46. The van der Waals surface area contributed by atoms with Crippen molar-refractivity contribution < 1.29 is 68.6 Å². The maximum absolute atomic E-state index is 13.6. The summed E-state index contributed by atoms with van der Waals surface area (Å²) in [5.41, 5.74) is -0.643. The minimum absolute atomic E-state index is 0.0105. The Bertz CT molecular complexity index is 1460. The Morgan fingerprint density at radius 3 is 2.27 bits per heavy atom. The smallest absolute Gasteiger partial charge is 0.229 e. The van der Waals surface area contributed by atoms with E-state index in [2.05, 4.69) is 0 Å². The van der Waals surface area contributed by atoms with Gasteiger partial charge >= 0.3 is 0 Å². The summed E-state index contributed by atoms with van der Waals surface area (Å²) < 4.78 is 38.3. The summed E-state index contributed by atoms with van der Waals surface area (Å²) >= 11 is 0. The van der Waals surface area contributed by atoms with Crippen LogP contribution in [0.1, 0.15) is 0 Å². The predicted octanol–water partition coefficient (Wildman–Crippen LogP) is -1.69. The third-order valence-electron chi connectivity index (χ3n) is 7.06. The van der Waals surface area contributed by atoms with Crippen molar-refractivity contribution >= 4 is 21.9 Å². The van der Waals surface area contributed by atoms with E-state index in [0.29, 0.717) is 0 Å². The highest BCUT2D eigenvalue weighted by Crippen LogP contribution is 2.38. The molecule has 1 aromatic heterocycles. The zero-order valence-electron chi connectivity index (χ0n) is 21.8. The number of aliphatic hydroxyl groups is 6. The van der Waals surface area contributed by atoms with Gasteiger partial charge < -0.3 is 68.6 Å². The fraction of sp³-hybridized carbons (Fsp3) is 0.500. The van der Waals surface area contributed by atoms with E-state index in [1.54, 1.807) is 0 Å². The standard InChI is InChI=1S/C26H30O15/c1-35-9-5-13-16(21(31)17-11(39-13)3-4-12(36-2)19(17)29)14(6-9)40-26-24(34)22(32)20(30)15(41-26)8-38-25-23(33)18(28)10(27)7-37-25/h3-6,10,15,18,20,22-30,32-34H,7-8H2,1-2H3/t10-,15-,18-,20-,22-,23+,24-,25-,26-/m0/s1. The number of phenolic OH excluding ortho intramolecular Hbond substituents is 1. The first-order valence-corrected chi connectivity index (χ1v) is 12.5. The second-order valence-electron chi connectivity index (χ2n) is 9.64. The van der Waals surface area contributed by atoms with Gasteiger partial charge in [-0.15, -0.1) is 0 Å². The maximum atomic E-state index is 13.6. The van der Waals surface area contributed by atoms with E-state index >= 15 is 0 Å². The van der Waals surface area contributed by atoms with Crippen molar-refractivity contribution in [2.24, 2.45) is 0 Å². The lowest BCUT2D eigenvalue weighted by atomic mass is 9.99. The molecule has 0 bridgehead atoms. The van der Waals surface area contributed by atoms with Gasteiger partial charge in [0.1, 0.15) is 76.2 Å². The molecule has 2 saturated heterocycles. The Kier molecular flexibility index (Phi) is 8.24. The van der Waals surface area contributed by atoms with Crippen LogP contribution >= 0.6 is 0 Å². The van der Waals surface area contributed by atoms with Gasteiger partial charge in [-0.3, -0.25) is 4.79 Å². The summed E-state index contributed by atoms with van der Waals surface area (Å²) in [4.78, 5) is 13.6.